The number of anilines is 1. The Hall–Kier alpha value is -2.23. The maximum Gasteiger partial charge on any atom is 0.236 e. The summed E-state index contributed by atoms with van der Waals surface area (Å²) >= 11 is 0. The highest BCUT2D eigenvalue weighted by atomic mass is 32.2. The van der Waals surface area contributed by atoms with E-state index in [0.717, 1.165) is 66.4 Å². The molecule has 3 aliphatic heterocycles. The van der Waals surface area contributed by atoms with Crippen LogP contribution in [0.5, 0.6) is 0 Å². The van der Waals surface area contributed by atoms with Gasteiger partial charge in [-0.3, -0.25) is 4.79 Å². The predicted octanol–water partition coefficient (Wildman–Crippen LogP) is 4.10. The van der Waals surface area contributed by atoms with Crippen LogP contribution in [0.3, 0.4) is 0 Å². The molecule has 208 valence electrons. The number of nitrogens with zero attached hydrogens (tertiary/aromatic N) is 3. The number of carbonyl (C=O) groups is 1. The van der Waals surface area contributed by atoms with Crippen LogP contribution in [0.1, 0.15) is 81.4 Å². The van der Waals surface area contributed by atoms with Crippen LogP contribution in [0.4, 0.5) is 5.69 Å². The molecule has 0 aromatic heterocycles. The number of aliphatic hydroxyl groups excluding tert-OH is 1. The molecule has 1 aromatic rings. The third-order valence-electron chi connectivity index (χ3n) is 9.13. The zero-order valence-corrected chi connectivity index (χ0v) is 23.8. The van der Waals surface area contributed by atoms with Gasteiger partial charge >= 0.3 is 0 Å². The molecule has 0 bridgehead atoms. The molecule has 1 spiro atoms. The highest BCUT2D eigenvalue weighted by Crippen LogP contribution is 2.36. The topological polar surface area (TPSA) is 102 Å². The van der Waals surface area contributed by atoms with Gasteiger partial charge in [-0.2, -0.15) is 4.31 Å². The lowest BCUT2D eigenvalue weighted by atomic mass is 9.81. The number of piperidine rings is 2. The van der Waals surface area contributed by atoms with Crippen LogP contribution in [-0.2, 0) is 14.8 Å². The first-order valence-corrected chi connectivity index (χ1v) is 15.7. The van der Waals surface area contributed by atoms with Gasteiger partial charge in [0.2, 0.25) is 15.9 Å². The molecule has 4 aliphatic rings. The zero-order valence-electron chi connectivity index (χ0n) is 22.9. The molecule has 8 nitrogen and oxygen atoms in total. The molecule has 1 unspecified atom stereocenters. The summed E-state index contributed by atoms with van der Waals surface area (Å²) in [5.41, 5.74) is 3.08. The standard InChI is InChI=1S/C29H42N4O4S/c1-20-7-9-23(10-8-20)27-30-28(35)29(31-27)12-15-32(16-13-29)38(36,37)17-11-25-21(2)18-24(19-22(25)3)33-14-5-4-6-26(33)34/h11,17-20,23,28,35H,4-10,12-16H2,1-3H3,(H,30,31)/b17-11+. The van der Waals surface area contributed by atoms with E-state index in [9.17, 15) is 18.3 Å². The van der Waals surface area contributed by atoms with Crippen molar-refractivity contribution in [2.75, 3.05) is 24.5 Å². The Kier molecular flexibility index (Phi) is 7.73. The van der Waals surface area contributed by atoms with E-state index in [4.69, 9.17) is 0 Å². The van der Waals surface area contributed by atoms with Gasteiger partial charge in [0.05, 0.1) is 5.54 Å². The highest BCUT2D eigenvalue weighted by molar-refractivity contribution is 7.92. The van der Waals surface area contributed by atoms with E-state index in [1.165, 1.54) is 22.6 Å². The minimum absolute atomic E-state index is 0.150. The largest absolute Gasteiger partial charge is 0.370 e. The molecule has 1 aromatic carbocycles. The Balaban J connectivity index is 1.23. The summed E-state index contributed by atoms with van der Waals surface area (Å²) < 4.78 is 28.0. The summed E-state index contributed by atoms with van der Waals surface area (Å²) in [7, 11) is -3.62. The highest BCUT2D eigenvalue weighted by Gasteiger charge is 2.48. The second-order valence-electron chi connectivity index (χ2n) is 11.9. The van der Waals surface area contributed by atoms with E-state index in [1.54, 1.807) is 6.08 Å². The van der Waals surface area contributed by atoms with E-state index in [-0.39, 0.29) is 5.91 Å². The van der Waals surface area contributed by atoms with Gasteiger partial charge in [-0.1, -0.05) is 19.8 Å². The third kappa shape index (κ3) is 5.42. The number of hydrogen-bond donors (Lipinski definition) is 2. The molecule has 2 saturated heterocycles. The maximum atomic E-state index is 13.2. The second kappa shape index (κ2) is 10.7. The molecule has 1 amide bonds. The van der Waals surface area contributed by atoms with E-state index in [0.29, 0.717) is 38.3 Å². The number of aryl methyl sites for hydroxylation is 2. The van der Waals surface area contributed by atoms with Crippen LogP contribution in [0.2, 0.25) is 0 Å². The quantitative estimate of drug-likeness (QED) is 0.583. The van der Waals surface area contributed by atoms with Gasteiger partial charge < -0.3 is 15.3 Å². The fraction of sp³-hybridized carbons (Fsp3) is 0.655. The Morgan fingerprint density at radius 2 is 1.71 bits per heavy atom. The smallest absolute Gasteiger partial charge is 0.236 e. The van der Waals surface area contributed by atoms with Crippen molar-refractivity contribution in [1.29, 1.82) is 0 Å². The number of carbonyl (C=O) groups excluding carboxylic acids is 1. The molecule has 9 heteroatoms. The Morgan fingerprint density at radius 1 is 1.05 bits per heavy atom. The lowest BCUT2D eigenvalue weighted by molar-refractivity contribution is -0.119. The lowest BCUT2D eigenvalue weighted by Gasteiger charge is -2.40. The van der Waals surface area contributed by atoms with Crippen molar-refractivity contribution in [3.05, 3.63) is 34.2 Å². The maximum absolute atomic E-state index is 13.2. The number of benzene rings is 1. The van der Waals surface area contributed by atoms with Crippen molar-refractivity contribution in [1.82, 2.24) is 9.62 Å². The van der Waals surface area contributed by atoms with Crippen LogP contribution >= 0.6 is 0 Å². The SMILES string of the molecule is Cc1cc(N2CCCCC2=O)cc(C)c1/C=C/S(=O)(=O)N1CCC2(CC1)NC(C1CCC(C)CC1)=NC2O. The number of aliphatic imine (C=N–C) groups is 1. The fourth-order valence-corrected chi connectivity index (χ4v) is 7.73. The van der Waals surface area contributed by atoms with Crippen molar-refractivity contribution in [2.24, 2.45) is 16.8 Å². The molecule has 38 heavy (non-hydrogen) atoms. The number of amides is 1. The van der Waals surface area contributed by atoms with Crippen LogP contribution in [0.25, 0.3) is 6.08 Å². The summed E-state index contributed by atoms with van der Waals surface area (Å²) in [6.45, 7) is 7.62. The van der Waals surface area contributed by atoms with Crippen LogP contribution in [-0.4, -0.2) is 61.0 Å². The molecule has 1 saturated carbocycles. The van der Waals surface area contributed by atoms with Gasteiger partial charge in [0.1, 0.15) is 5.84 Å². The third-order valence-corrected chi connectivity index (χ3v) is 10.7. The molecule has 3 heterocycles. The number of amidine groups is 1. The molecule has 5 rings (SSSR count). The first-order valence-electron chi connectivity index (χ1n) is 14.2. The number of aliphatic hydroxyl groups is 1. The van der Waals surface area contributed by atoms with Crippen molar-refractivity contribution in [2.45, 2.75) is 90.3 Å². The monoisotopic (exact) mass is 542 g/mol. The first-order chi connectivity index (χ1) is 18.1. The van der Waals surface area contributed by atoms with Gasteiger partial charge in [0, 0.05) is 43.1 Å². The van der Waals surface area contributed by atoms with Gasteiger partial charge in [0.25, 0.3) is 0 Å². The summed E-state index contributed by atoms with van der Waals surface area (Å²) in [4.78, 5) is 18.8. The summed E-state index contributed by atoms with van der Waals surface area (Å²) in [5.74, 6) is 2.19. The van der Waals surface area contributed by atoms with E-state index in [1.807, 2.05) is 30.9 Å². The normalized spacial score (nSPS) is 28.6. The number of sulfonamides is 1. The van der Waals surface area contributed by atoms with E-state index >= 15 is 0 Å². The Bertz CT molecular complexity index is 1200. The van der Waals surface area contributed by atoms with Gasteiger partial charge in [-0.05, 0) is 93.2 Å². The van der Waals surface area contributed by atoms with Gasteiger partial charge in [0.15, 0.2) is 6.23 Å². The van der Waals surface area contributed by atoms with Crippen molar-refractivity contribution >= 4 is 33.5 Å². The number of hydrogen-bond acceptors (Lipinski definition) is 6. The van der Waals surface area contributed by atoms with Gasteiger partial charge in [-0.25, -0.2) is 13.4 Å². The molecular formula is C29H42N4O4S. The predicted molar refractivity (Wildman–Crippen MR) is 151 cm³/mol. The fourth-order valence-electron chi connectivity index (χ4n) is 6.56. The Labute approximate surface area is 227 Å². The van der Waals surface area contributed by atoms with Crippen molar-refractivity contribution < 1.29 is 18.3 Å². The average Bonchev–Trinajstić information content (AvgIpc) is 3.19. The van der Waals surface area contributed by atoms with Gasteiger partial charge in [-0.15, -0.1) is 0 Å². The lowest BCUT2D eigenvalue weighted by Crippen LogP contribution is -2.58. The van der Waals surface area contributed by atoms with Crippen molar-refractivity contribution in [3.8, 4) is 0 Å². The van der Waals surface area contributed by atoms with Crippen molar-refractivity contribution in [3.63, 3.8) is 0 Å². The van der Waals surface area contributed by atoms with Crippen LogP contribution in [0.15, 0.2) is 22.5 Å². The molecule has 3 fully saturated rings. The zero-order chi connectivity index (χ0) is 27.1. The van der Waals surface area contributed by atoms with E-state index < -0.39 is 21.8 Å². The summed E-state index contributed by atoms with van der Waals surface area (Å²) in [5, 5.41) is 15.7. The van der Waals surface area contributed by atoms with Crippen LogP contribution in [0, 0.1) is 25.7 Å². The van der Waals surface area contributed by atoms with Crippen LogP contribution < -0.4 is 10.2 Å². The molecule has 1 atom stereocenters. The molecule has 1 aliphatic carbocycles. The summed E-state index contributed by atoms with van der Waals surface area (Å²) in [6, 6.07) is 3.95. The average molecular weight is 543 g/mol. The summed E-state index contributed by atoms with van der Waals surface area (Å²) in [6.07, 6.45) is 8.97. The Morgan fingerprint density at radius 3 is 2.34 bits per heavy atom. The minimum atomic E-state index is -3.62. The second-order valence-corrected chi connectivity index (χ2v) is 13.7. The minimum Gasteiger partial charge on any atom is -0.370 e. The van der Waals surface area contributed by atoms with E-state index in [2.05, 4.69) is 17.2 Å². The number of rotatable bonds is 5. The first kappa shape index (κ1) is 27.3. The molecule has 2 N–H and O–H groups in total. The number of nitrogens with one attached hydrogen (secondary N) is 1. The molecule has 0 radical (unpaired) electrons. The molecular weight excluding hydrogens is 500 g/mol.